The third kappa shape index (κ3) is 3.49. The zero-order valence-electron chi connectivity index (χ0n) is 10.7. The lowest BCUT2D eigenvalue weighted by Crippen LogP contribution is -1.97. The van der Waals surface area contributed by atoms with E-state index in [4.69, 9.17) is 0 Å². The van der Waals surface area contributed by atoms with Gasteiger partial charge in [-0.3, -0.25) is 10.1 Å². The number of nitro groups is 1. The number of aromatic nitrogens is 1. The molecule has 1 heterocycles. The second-order valence-electron chi connectivity index (χ2n) is 3.94. The van der Waals surface area contributed by atoms with Crippen molar-refractivity contribution in [1.29, 1.82) is 0 Å². The van der Waals surface area contributed by atoms with Crippen LogP contribution in [0.2, 0.25) is 0 Å². The molecule has 0 aliphatic rings. The molecule has 1 aromatic carbocycles. The van der Waals surface area contributed by atoms with Gasteiger partial charge in [0.25, 0.3) is 5.69 Å². The molecule has 0 unspecified atom stereocenters. The summed E-state index contributed by atoms with van der Waals surface area (Å²) in [6, 6.07) is 8.96. The number of anilines is 1. The standard InChI is InChI=1S/C13H12BrN3O2S/c1-15-11-5-4-9(7-12(11)17(18)19)8-20-13-10(14)3-2-6-16-13/h2-7,15H,8H2,1H3. The number of thioether (sulfide) groups is 1. The summed E-state index contributed by atoms with van der Waals surface area (Å²) in [5.41, 5.74) is 1.49. The van der Waals surface area contributed by atoms with Crippen molar-refractivity contribution in [2.75, 3.05) is 12.4 Å². The van der Waals surface area contributed by atoms with Gasteiger partial charge in [-0.05, 0) is 39.7 Å². The van der Waals surface area contributed by atoms with Gasteiger partial charge in [0, 0.05) is 29.5 Å². The van der Waals surface area contributed by atoms with E-state index in [0.717, 1.165) is 15.1 Å². The number of rotatable bonds is 5. The molecule has 1 N–H and O–H groups in total. The van der Waals surface area contributed by atoms with E-state index >= 15 is 0 Å². The van der Waals surface area contributed by atoms with Crippen LogP contribution in [0.1, 0.15) is 5.56 Å². The molecule has 0 atom stereocenters. The van der Waals surface area contributed by atoms with E-state index in [2.05, 4.69) is 26.2 Å². The first kappa shape index (κ1) is 14.8. The minimum Gasteiger partial charge on any atom is -0.383 e. The van der Waals surface area contributed by atoms with Gasteiger partial charge >= 0.3 is 0 Å². The number of nitrogens with zero attached hydrogens (tertiary/aromatic N) is 2. The van der Waals surface area contributed by atoms with E-state index < -0.39 is 0 Å². The fourth-order valence-corrected chi connectivity index (χ4v) is 3.08. The number of benzene rings is 1. The highest BCUT2D eigenvalue weighted by atomic mass is 79.9. The van der Waals surface area contributed by atoms with Crippen LogP contribution in [0.3, 0.4) is 0 Å². The Morgan fingerprint density at radius 3 is 2.90 bits per heavy atom. The smallest absolute Gasteiger partial charge is 0.292 e. The number of halogens is 1. The molecule has 20 heavy (non-hydrogen) atoms. The van der Waals surface area contributed by atoms with Crippen LogP contribution < -0.4 is 5.32 Å². The van der Waals surface area contributed by atoms with Gasteiger partial charge in [0.15, 0.2) is 0 Å². The van der Waals surface area contributed by atoms with Crippen molar-refractivity contribution in [1.82, 2.24) is 4.98 Å². The minimum absolute atomic E-state index is 0.0886. The number of pyridine rings is 1. The van der Waals surface area contributed by atoms with Crippen molar-refractivity contribution in [3.8, 4) is 0 Å². The van der Waals surface area contributed by atoms with Crippen LogP contribution >= 0.6 is 27.7 Å². The molecule has 0 bridgehead atoms. The fourth-order valence-electron chi connectivity index (χ4n) is 1.66. The summed E-state index contributed by atoms with van der Waals surface area (Å²) in [5.74, 6) is 0.625. The van der Waals surface area contributed by atoms with Crippen molar-refractivity contribution in [2.24, 2.45) is 0 Å². The molecule has 2 rings (SSSR count). The maximum absolute atomic E-state index is 11.0. The summed E-state index contributed by atoms with van der Waals surface area (Å²) in [6.45, 7) is 0. The first-order valence-electron chi connectivity index (χ1n) is 5.80. The van der Waals surface area contributed by atoms with Crippen molar-refractivity contribution in [3.63, 3.8) is 0 Å². The van der Waals surface area contributed by atoms with E-state index in [1.54, 1.807) is 25.4 Å². The van der Waals surface area contributed by atoms with E-state index in [1.807, 2.05) is 18.2 Å². The number of nitro benzene ring substituents is 1. The maximum Gasteiger partial charge on any atom is 0.292 e. The average Bonchev–Trinajstić information content (AvgIpc) is 2.46. The lowest BCUT2D eigenvalue weighted by Gasteiger charge is -2.06. The number of hydrogen-bond donors (Lipinski definition) is 1. The van der Waals surface area contributed by atoms with Crippen LogP contribution in [-0.4, -0.2) is 17.0 Å². The average molecular weight is 354 g/mol. The van der Waals surface area contributed by atoms with Gasteiger partial charge in [-0.25, -0.2) is 4.98 Å². The largest absolute Gasteiger partial charge is 0.383 e. The highest BCUT2D eigenvalue weighted by Gasteiger charge is 2.13. The van der Waals surface area contributed by atoms with Crippen molar-refractivity contribution in [2.45, 2.75) is 10.8 Å². The number of nitrogens with one attached hydrogen (secondary N) is 1. The SMILES string of the molecule is CNc1ccc(CSc2ncccc2Br)cc1[N+](=O)[O-]. The van der Waals surface area contributed by atoms with Gasteiger partial charge in [-0.2, -0.15) is 0 Å². The summed E-state index contributed by atoms with van der Waals surface area (Å²) in [6.07, 6.45) is 1.72. The van der Waals surface area contributed by atoms with Crippen LogP contribution in [-0.2, 0) is 5.75 Å². The summed E-state index contributed by atoms with van der Waals surface area (Å²) in [4.78, 5) is 14.9. The van der Waals surface area contributed by atoms with Crippen LogP contribution in [0.4, 0.5) is 11.4 Å². The normalized spacial score (nSPS) is 10.3. The summed E-state index contributed by atoms with van der Waals surface area (Å²) in [7, 11) is 1.67. The minimum atomic E-state index is -0.378. The Morgan fingerprint density at radius 1 is 1.45 bits per heavy atom. The molecular weight excluding hydrogens is 342 g/mol. The van der Waals surface area contributed by atoms with Crippen molar-refractivity contribution >= 4 is 39.1 Å². The van der Waals surface area contributed by atoms with Gasteiger partial charge in [0.2, 0.25) is 0 Å². The molecule has 0 fully saturated rings. The van der Waals surface area contributed by atoms with Gasteiger partial charge in [0.05, 0.1) is 4.92 Å². The van der Waals surface area contributed by atoms with Crippen LogP contribution in [0.15, 0.2) is 46.0 Å². The Kier molecular flexibility index (Phi) is 4.97. The van der Waals surface area contributed by atoms with Crippen LogP contribution in [0.5, 0.6) is 0 Å². The van der Waals surface area contributed by atoms with Gasteiger partial charge in [0.1, 0.15) is 10.7 Å². The van der Waals surface area contributed by atoms with Crippen molar-refractivity contribution < 1.29 is 4.92 Å². The molecule has 0 spiro atoms. The zero-order valence-corrected chi connectivity index (χ0v) is 13.1. The highest BCUT2D eigenvalue weighted by molar-refractivity contribution is 9.10. The monoisotopic (exact) mass is 353 g/mol. The molecule has 5 nitrogen and oxygen atoms in total. The molecule has 0 aliphatic heterocycles. The van der Waals surface area contributed by atoms with Gasteiger partial charge in [-0.15, -0.1) is 11.8 Å². The molecular formula is C13H12BrN3O2S. The quantitative estimate of drug-likeness (QED) is 0.498. The topological polar surface area (TPSA) is 68.1 Å². The van der Waals surface area contributed by atoms with E-state index in [1.165, 1.54) is 11.8 Å². The first-order valence-corrected chi connectivity index (χ1v) is 7.58. The van der Waals surface area contributed by atoms with E-state index in [-0.39, 0.29) is 10.6 Å². The first-order chi connectivity index (χ1) is 9.61. The fraction of sp³-hybridized carbons (Fsp3) is 0.154. The second kappa shape index (κ2) is 6.71. The Labute approximate surface area is 129 Å². The lowest BCUT2D eigenvalue weighted by atomic mass is 10.2. The predicted octanol–water partition coefficient (Wildman–Crippen LogP) is 4.09. The number of hydrogen-bond acceptors (Lipinski definition) is 5. The molecule has 104 valence electrons. The maximum atomic E-state index is 11.0. The molecule has 0 aliphatic carbocycles. The molecule has 0 amide bonds. The zero-order chi connectivity index (χ0) is 14.5. The summed E-state index contributed by atoms with van der Waals surface area (Å²) < 4.78 is 0.923. The molecule has 0 saturated carbocycles. The summed E-state index contributed by atoms with van der Waals surface area (Å²) in [5, 5.41) is 14.7. The third-order valence-electron chi connectivity index (χ3n) is 2.63. The third-order valence-corrected chi connectivity index (χ3v) is 4.61. The highest BCUT2D eigenvalue weighted by Crippen LogP contribution is 2.31. The second-order valence-corrected chi connectivity index (χ2v) is 5.76. The Morgan fingerprint density at radius 2 is 2.25 bits per heavy atom. The molecule has 1 aromatic heterocycles. The van der Waals surface area contributed by atoms with Crippen molar-refractivity contribution in [3.05, 3.63) is 56.7 Å². The Bertz CT molecular complexity index is 637. The van der Waals surface area contributed by atoms with Crippen LogP contribution in [0, 0.1) is 10.1 Å². The van der Waals surface area contributed by atoms with Gasteiger partial charge in [-0.1, -0.05) is 6.07 Å². The lowest BCUT2D eigenvalue weighted by molar-refractivity contribution is -0.384. The van der Waals surface area contributed by atoms with E-state index in [0.29, 0.717) is 11.4 Å². The predicted molar refractivity (Wildman–Crippen MR) is 84.1 cm³/mol. The molecule has 0 saturated heterocycles. The summed E-state index contributed by atoms with van der Waals surface area (Å²) >= 11 is 4.96. The Balaban J connectivity index is 2.16. The Hall–Kier alpha value is -1.60. The molecule has 7 heteroatoms. The molecule has 2 aromatic rings. The van der Waals surface area contributed by atoms with E-state index in [9.17, 15) is 10.1 Å². The van der Waals surface area contributed by atoms with Gasteiger partial charge < -0.3 is 5.32 Å². The molecule has 0 radical (unpaired) electrons. The van der Waals surface area contributed by atoms with Crippen LogP contribution in [0.25, 0.3) is 0 Å².